The van der Waals surface area contributed by atoms with Crippen LogP contribution in [-0.4, -0.2) is 21.9 Å². The van der Waals surface area contributed by atoms with Gasteiger partial charge in [-0.2, -0.15) is 0 Å². The molecule has 0 spiro atoms. The highest BCUT2D eigenvalue weighted by Crippen LogP contribution is 2.19. The van der Waals surface area contributed by atoms with E-state index in [-0.39, 0.29) is 16.9 Å². The van der Waals surface area contributed by atoms with Gasteiger partial charge in [0.25, 0.3) is 11.8 Å². The Bertz CT molecular complexity index is 671. The SMILES string of the molecule is NC(=O)c1ccc(C(=O)Nc2ccc(O)c(F)c2)cn1. The summed E-state index contributed by atoms with van der Waals surface area (Å²) in [4.78, 5) is 26.4. The lowest BCUT2D eigenvalue weighted by Gasteiger charge is -2.06. The summed E-state index contributed by atoms with van der Waals surface area (Å²) in [7, 11) is 0. The number of nitrogens with one attached hydrogen (secondary N) is 1. The fourth-order valence-corrected chi connectivity index (χ4v) is 1.46. The van der Waals surface area contributed by atoms with Gasteiger partial charge in [-0.3, -0.25) is 14.6 Å². The molecule has 0 aliphatic heterocycles. The first-order valence-electron chi connectivity index (χ1n) is 5.53. The molecule has 0 bridgehead atoms. The summed E-state index contributed by atoms with van der Waals surface area (Å²) >= 11 is 0. The Balaban J connectivity index is 2.15. The number of aromatic hydroxyl groups is 1. The van der Waals surface area contributed by atoms with Crippen molar-refractivity contribution in [1.29, 1.82) is 0 Å². The summed E-state index contributed by atoms with van der Waals surface area (Å²) in [5.74, 6) is -2.57. The number of anilines is 1. The molecule has 0 unspecified atom stereocenters. The number of phenolic OH excluding ortho intramolecular Hbond substituents is 1. The maximum Gasteiger partial charge on any atom is 0.267 e. The van der Waals surface area contributed by atoms with E-state index >= 15 is 0 Å². The Hall–Kier alpha value is -2.96. The summed E-state index contributed by atoms with van der Waals surface area (Å²) < 4.78 is 13.1. The van der Waals surface area contributed by atoms with Crippen LogP contribution in [0.5, 0.6) is 5.75 Å². The van der Waals surface area contributed by atoms with Crippen molar-refractivity contribution >= 4 is 17.5 Å². The van der Waals surface area contributed by atoms with Crippen molar-refractivity contribution in [3.8, 4) is 5.75 Å². The first-order chi connectivity index (χ1) is 9.47. The van der Waals surface area contributed by atoms with Crippen molar-refractivity contribution in [3.05, 3.63) is 53.6 Å². The quantitative estimate of drug-likeness (QED) is 0.733. The lowest BCUT2D eigenvalue weighted by atomic mass is 10.2. The number of nitrogens with two attached hydrogens (primary N) is 1. The Morgan fingerprint density at radius 1 is 1.25 bits per heavy atom. The topological polar surface area (TPSA) is 105 Å². The zero-order chi connectivity index (χ0) is 14.7. The third-order valence-electron chi connectivity index (χ3n) is 2.48. The average molecular weight is 275 g/mol. The highest BCUT2D eigenvalue weighted by atomic mass is 19.1. The number of halogens is 1. The number of benzene rings is 1. The van der Waals surface area contributed by atoms with Crippen molar-refractivity contribution in [2.45, 2.75) is 0 Å². The van der Waals surface area contributed by atoms with E-state index in [9.17, 15) is 14.0 Å². The first kappa shape index (κ1) is 13.5. The lowest BCUT2D eigenvalue weighted by Crippen LogP contribution is -2.15. The highest BCUT2D eigenvalue weighted by molar-refractivity contribution is 6.04. The van der Waals surface area contributed by atoms with Crippen LogP contribution < -0.4 is 11.1 Å². The molecule has 0 radical (unpaired) electrons. The van der Waals surface area contributed by atoms with Gasteiger partial charge in [0.1, 0.15) is 5.69 Å². The second-order valence-electron chi connectivity index (χ2n) is 3.92. The normalized spacial score (nSPS) is 10.1. The minimum Gasteiger partial charge on any atom is -0.505 e. The molecular weight excluding hydrogens is 265 g/mol. The average Bonchev–Trinajstić information content (AvgIpc) is 2.43. The number of amides is 2. The zero-order valence-electron chi connectivity index (χ0n) is 10.1. The van der Waals surface area contributed by atoms with Gasteiger partial charge >= 0.3 is 0 Å². The Kier molecular flexibility index (Phi) is 3.60. The summed E-state index contributed by atoms with van der Waals surface area (Å²) in [6, 6.07) is 6.15. The van der Waals surface area contributed by atoms with E-state index in [1.807, 2.05) is 0 Å². The van der Waals surface area contributed by atoms with Gasteiger partial charge in [-0.15, -0.1) is 0 Å². The second-order valence-corrected chi connectivity index (χ2v) is 3.92. The number of carbonyl (C=O) groups excluding carboxylic acids is 2. The van der Waals surface area contributed by atoms with E-state index in [4.69, 9.17) is 10.8 Å². The van der Waals surface area contributed by atoms with Gasteiger partial charge in [0, 0.05) is 18.0 Å². The van der Waals surface area contributed by atoms with E-state index in [0.717, 1.165) is 12.1 Å². The van der Waals surface area contributed by atoms with Crippen LogP contribution in [0.25, 0.3) is 0 Å². The maximum absolute atomic E-state index is 13.1. The van der Waals surface area contributed by atoms with Gasteiger partial charge in [0.15, 0.2) is 11.6 Å². The number of carbonyl (C=O) groups is 2. The van der Waals surface area contributed by atoms with Crippen LogP contribution in [0.1, 0.15) is 20.8 Å². The minimum absolute atomic E-state index is 0.0391. The number of phenols is 1. The number of primary amides is 1. The highest BCUT2D eigenvalue weighted by Gasteiger charge is 2.10. The molecule has 6 nitrogen and oxygen atoms in total. The Morgan fingerprint density at radius 2 is 2.00 bits per heavy atom. The molecule has 2 aromatic rings. The summed E-state index contributed by atoms with van der Waals surface area (Å²) in [6.45, 7) is 0. The molecule has 1 aromatic heterocycles. The van der Waals surface area contributed by atoms with Crippen molar-refractivity contribution in [2.75, 3.05) is 5.32 Å². The molecule has 7 heteroatoms. The van der Waals surface area contributed by atoms with E-state index in [0.29, 0.717) is 0 Å². The summed E-state index contributed by atoms with van der Waals surface area (Å²) in [6.07, 6.45) is 1.19. The molecule has 2 rings (SSSR count). The Morgan fingerprint density at radius 3 is 2.55 bits per heavy atom. The van der Waals surface area contributed by atoms with Gasteiger partial charge in [-0.25, -0.2) is 4.39 Å². The molecule has 1 aromatic carbocycles. The summed E-state index contributed by atoms with van der Waals surface area (Å²) in [5, 5.41) is 11.5. The van der Waals surface area contributed by atoms with E-state index in [1.165, 1.54) is 24.4 Å². The van der Waals surface area contributed by atoms with Crippen molar-refractivity contribution in [1.82, 2.24) is 4.98 Å². The number of aromatic nitrogens is 1. The third-order valence-corrected chi connectivity index (χ3v) is 2.48. The molecule has 0 saturated carbocycles. The van der Waals surface area contributed by atoms with Crippen LogP contribution in [0.15, 0.2) is 36.5 Å². The largest absolute Gasteiger partial charge is 0.505 e. The van der Waals surface area contributed by atoms with Gasteiger partial charge in [0.2, 0.25) is 0 Å². The number of pyridine rings is 1. The molecule has 0 fully saturated rings. The first-order valence-corrected chi connectivity index (χ1v) is 5.53. The van der Waals surface area contributed by atoms with Crippen LogP contribution in [0.3, 0.4) is 0 Å². The molecule has 0 aliphatic carbocycles. The standard InChI is InChI=1S/C13H10FN3O3/c14-9-5-8(2-4-11(9)18)17-13(20)7-1-3-10(12(15)19)16-6-7/h1-6,18H,(H2,15,19)(H,17,20). The number of nitrogens with zero attached hydrogens (tertiary/aromatic N) is 1. The molecule has 4 N–H and O–H groups in total. The van der Waals surface area contributed by atoms with Crippen molar-refractivity contribution < 1.29 is 19.1 Å². The van der Waals surface area contributed by atoms with Gasteiger partial charge in [0.05, 0.1) is 5.56 Å². The fourth-order valence-electron chi connectivity index (χ4n) is 1.46. The van der Waals surface area contributed by atoms with Crippen LogP contribution >= 0.6 is 0 Å². The number of hydrogen-bond acceptors (Lipinski definition) is 4. The molecular formula is C13H10FN3O3. The maximum atomic E-state index is 13.1. The monoisotopic (exact) mass is 275 g/mol. The molecule has 0 aliphatic rings. The van der Waals surface area contributed by atoms with Crippen LogP contribution in [0.2, 0.25) is 0 Å². The molecule has 2 amide bonds. The third kappa shape index (κ3) is 2.89. The molecule has 20 heavy (non-hydrogen) atoms. The molecule has 102 valence electrons. The van der Waals surface area contributed by atoms with Gasteiger partial charge in [-0.05, 0) is 24.3 Å². The molecule has 1 heterocycles. The van der Waals surface area contributed by atoms with Gasteiger partial charge < -0.3 is 16.2 Å². The zero-order valence-corrected chi connectivity index (χ0v) is 10.1. The van der Waals surface area contributed by atoms with Crippen molar-refractivity contribution in [2.24, 2.45) is 5.73 Å². The second kappa shape index (κ2) is 5.35. The van der Waals surface area contributed by atoms with Crippen LogP contribution in [-0.2, 0) is 0 Å². The predicted molar refractivity (Wildman–Crippen MR) is 68.8 cm³/mol. The fraction of sp³-hybridized carbons (Fsp3) is 0. The van der Waals surface area contributed by atoms with Gasteiger partial charge in [-0.1, -0.05) is 0 Å². The number of hydrogen-bond donors (Lipinski definition) is 3. The van der Waals surface area contributed by atoms with E-state index < -0.39 is 23.4 Å². The lowest BCUT2D eigenvalue weighted by molar-refractivity contribution is 0.0990. The number of rotatable bonds is 3. The van der Waals surface area contributed by atoms with E-state index in [1.54, 1.807) is 0 Å². The Labute approximate surface area is 113 Å². The van der Waals surface area contributed by atoms with Crippen molar-refractivity contribution in [3.63, 3.8) is 0 Å². The van der Waals surface area contributed by atoms with Crippen LogP contribution in [0.4, 0.5) is 10.1 Å². The summed E-state index contributed by atoms with van der Waals surface area (Å²) in [5.41, 5.74) is 5.43. The minimum atomic E-state index is -0.843. The molecule has 0 saturated heterocycles. The van der Waals surface area contributed by atoms with Crippen LogP contribution in [0, 0.1) is 5.82 Å². The smallest absolute Gasteiger partial charge is 0.267 e. The molecule has 0 atom stereocenters. The predicted octanol–water partition coefficient (Wildman–Crippen LogP) is 1.28. The van der Waals surface area contributed by atoms with E-state index in [2.05, 4.69) is 10.3 Å².